The standard InChI is InChI=1S/C11H11NO2S/c1-7-12-9(11(13)14)10(15-7)8-5-3-2-4-6-8/h2-6,9-10H,1H3,(H,13,14). The molecule has 3 nitrogen and oxygen atoms in total. The van der Waals surface area contributed by atoms with Crippen LogP contribution in [0.3, 0.4) is 0 Å². The van der Waals surface area contributed by atoms with E-state index in [1.165, 1.54) is 11.8 Å². The Hall–Kier alpha value is -1.29. The number of carboxylic acid groups (broad SMARTS) is 1. The van der Waals surface area contributed by atoms with Crippen LogP contribution in [-0.2, 0) is 4.79 Å². The van der Waals surface area contributed by atoms with E-state index in [1.807, 2.05) is 37.3 Å². The summed E-state index contributed by atoms with van der Waals surface area (Å²) in [6.45, 7) is 1.85. The van der Waals surface area contributed by atoms with E-state index in [1.54, 1.807) is 0 Å². The van der Waals surface area contributed by atoms with Gasteiger partial charge in [0.05, 0.1) is 10.3 Å². The molecule has 2 unspecified atom stereocenters. The summed E-state index contributed by atoms with van der Waals surface area (Å²) in [6, 6.07) is 9.01. The second-order valence-corrected chi connectivity index (χ2v) is 4.71. The van der Waals surface area contributed by atoms with Crippen molar-refractivity contribution in [1.29, 1.82) is 0 Å². The van der Waals surface area contributed by atoms with Gasteiger partial charge in [0.2, 0.25) is 0 Å². The van der Waals surface area contributed by atoms with E-state index < -0.39 is 12.0 Å². The van der Waals surface area contributed by atoms with Gasteiger partial charge in [-0.15, -0.1) is 11.8 Å². The van der Waals surface area contributed by atoms with Crippen molar-refractivity contribution in [2.45, 2.75) is 18.2 Å². The summed E-state index contributed by atoms with van der Waals surface area (Å²) >= 11 is 1.52. The van der Waals surface area contributed by atoms with Crippen molar-refractivity contribution in [1.82, 2.24) is 0 Å². The number of rotatable bonds is 2. The quantitative estimate of drug-likeness (QED) is 0.834. The molecule has 0 bridgehead atoms. The van der Waals surface area contributed by atoms with Gasteiger partial charge in [-0.25, -0.2) is 4.79 Å². The molecule has 4 heteroatoms. The second kappa shape index (κ2) is 4.06. The fourth-order valence-electron chi connectivity index (χ4n) is 1.62. The first kappa shape index (κ1) is 10.2. The summed E-state index contributed by atoms with van der Waals surface area (Å²) < 4.78 is 0. The van der Waals surface area contributed by atoms with Crippen molar-refractivity contribution in [3.8, 4) is 0 Å². The molecule has 0 saturated heterocycles. The Morgan fingerprint density at radius 2 is 2.07 bits per heavy atom. The lowest BCUT2D eigenvalue weighted by Crippen LogP contribution is -2.21. The molecule has 0 saturated carbocycles. The van der Waals surface area contributed by atoms with Crippen LogP contribution in [0.25, 0.3) is 0 Å². The molecule has 2 atom stereocenters. The lowest BCUT2D eigenvalue weighted by Gasteiger charge is -2.13. The molecule has 0 spiro atoms. The highest BCUT2D eigenvalue weighted by molar-refractivity contribution is 8.14. The van der Waals surface area contributed by atoms with Gasteiger partial charge in [0, 0.05) is 0 Å². The van der Waals surface area contributed by atoms with Crippen molar-refractivity contribution < 1.29 is 9.90 Å². The minimum atomic E-state index is -0.854. The largest absolute Gasteiger partial charge is 0.480 e. The van der Waals surface area contributed by atoms with Crippen LogP contribution in [0.4, 0.5) is 0 Å². The van der Waals surface area contributed by atoms with Gasteiger partial charge in [-0.3, -0.25) is 4.99 Å². The van der Waals surface area contributed by atoms with E-state index in [9.17, 15) is 4.79 Å². The third kappa shape index (κ3) is 2.04. The van der Waals surface area contributed by atoms with Crippen LogP contribution in [0.15, 0.2) is 35.3 Å². The molecular weight excluding hydrogens is 210 g/mol. The molecule has 0 aromatic heterocycles. The Labute approximate surface area is 92.2 Å². The number of aliphatic carboxylic acids is 1. The predicted octanol–water partition coefficient (Wildman–Crippen LogP) is 2.35. The average molecular weight is 221 g/mol. The maximum Gasteiger partial charge on any atom is 0.329 e. The van der Waals surface area contributed by atoms with Crippen LogP contribution in [-0.4, -0.2) is 22.2 Å². The Kier molecular flexibility index (Phi) is 2.77. The molecule has 15 heavy (non-hydrogen) atoms. The van der Waals surface area contributed by atoms with Crippen molar-refractivity contribution in [3.05, 3.63) is 35.9 Å². The molecule has 1 aliphatic heterocycles. The molecule has 0 aliphatic carbocycles. The highest BCUT2D eigenvalue weighted by atomic mass is 32.2. The summed E-state index contributed by atoms with van der Waals surface area (Å²) in [5, 5.41) is 9.81. The van der Waals surface area contributed by atoms with Crippen LogP contribution < -0.4 is 0 Å². The van der Waals surface area contributed by atoms with E-state index in [4.69, 9.17) is 5.11 Å². The zero-order valence-electron chi connectivity index (χ0n) is 8.25. The minimum Gasteiger partial charge on any atom is -0.480 e. The fraction of sp³-hybridized carbons (Fsp3) is 0.273. The normalized spacial score (nSPS) is 25.0. The van der Waals surface area contributed by atoms with Gasteiger partial charge >= 0.3 is 5.97 Å². The van der Waals surface area contributed by atoms with E-state index in [0.717, 1.165) is 10.6 Å². The lowest BCUT2D eigenvalue weighted by molar-refractivity contribution is -0.138. The van der Waals surface area contributed by atoms with E-state index >= 15 is 0 Å². The Morgan fingerprint density at radius 3 is 2.67 bits per heavy atom. The molecular formula is C11H11NO2S. The zero-order valence-corrected chi connectivity index (χ0v) is 9.07. The number of carbonyl (C=O) groups is 1. The first-order chi connectivity index (χ1) is 7.18. The summed E-state index contributed by atoms with van der Waals surface area (Å²) in [4.78, 5) is 15.1. The minimum absolute atomic E-state index is 0.0799. The molecule has 1 aromatic rings. The van der Waals surface area contributed by atoms with E-state index in [-0.39, 0.29) is 5.25 Å². The molecule has 1 heterocycles. The molecule has 2 rings (SSSR count). The first-order valence-corrected chi connectivity index (χ1v) is 5.55. The van der Waals surface area contributed by atoms with Gasteiger partial charge in [0.1, 0.15) is 0 Å². The van der Waals surface area contributed by atoms with Crippen LogP contribution in [0.1, 0.15) is 17.7 Å². The van der Waals surface area contributed by atoms with Crippen molar-refractivity contribution in [2.24, 2.45) is 4.99 Å². The Bertz CT molecular complexity index is 402. The second-order valence-electron chi connectivity index (χ2n) is 3.38. The molecule has 0 fully saturated rings. The van der Waals surface area contributed by atoms with Gasteiger partial charge in [0.15, 0.2) is 6.04 Å². The number of nitrogens with zero attached hydrogens (tertiary/aromatic N) is 1. The first-order valence-electron chi connectivity index (χ1n) is 4.67. The molecule has 1 N–H and O–H groups in total. The summed E-state index contributed by atoms with van der Waals surface area (Å²) in [6.07, 6.45) is 0. The maximum absolute atomic E-state index is 11.0. The smallest absolute Gasteiger partial charge is 0.329 e. The SMILES string of the molecule is CC1=NC(C(=O)O)C(c2ccccc2)S1. The van der Waals surface area contributed by atoms with Crippen molar-refractivity contribution in [2.75, 3.05) is 0 Å². The molecule has 78 valence electrons. The average Bonchev–Trinajstić information content (AvgIpc) is 2.62. The number of hydrogen-bond acceptors (Lipinski definition) is 3. The fourth-order valence-corrected chi connectivity index (χ4v) is 2.76. The van der Waals surface area contributed by atoms with Crippen molar-refractivity contribution >= 4 is 22.8 Å². The Morgan fingerprint density at radius 1 is 1.40 bits per heavy atom. The topological polar surface area (TPSA) is 49.7 Å². The monoisotopic (exact) mass is 221 g/mol. The number of aliphatic imine (C=N–C) groups is 1. The number of hydrogen-bond donors (Lipinski definition) is 1. The van der Waals surface area contributed by atoms with Crippen LogP contribution in [0, 0.1) is 0 Å². The zero-order chi connectivity index (χ0) is 10.8. The number of benzene rings is 1. The van der Waals surface area contributed by atoms with Gasteiger partial charge in [-0.2, -0.15) is 0 Å². The van der Waals surface area contributed by atoms with Gasteiger partial charge in [0.25, 0.3) is 0 Å². The number of thioether (sulfide) groups is 1. The summed E-state index contributed by atoms with van der Waals surface area (Å²) in [5.74, 6) is -0.854. The number of carboxylic acids is 1. The third-order valence-electron chi connectivity index (χ3n) is 2.29. The predicted molar refractivity (Wildman–Crippen MR) is 61.3 cm³/mol. The van der Waals surface area contributed by atoms with E-state index in [2.05, 4.69) is 4.99 Å². The van der Waals surface area contributed by atoms with E-state index in [0.29, 0.717) is 0 Å². The molecule has 1 aromatic carbocycles. The van der Waals surface area contributed by atoms with Crippen LogP contribution in [0.5, 0.6) is 0 Å². The van der Waals surface area contributed by atoms with Gasteiger partial charge < -0.3 is 5.11 Å². The molecule has 0 radical (unpaired) electrons. The lowest BCUT2D eigenvalue weighted by atomic mass is 10.1. The highest BCUT2D eigenvalue weighted by Gasteiger charge is 2.34. The van der Waals surface area contributed by atoms with Gasteiger partial charge in [-0.1, -0.05) is 30.3 Å². The van der Waals surface area contributed by atoms with Crippen LogP contribution in [0.2, 0.25) is 0 Å². The van der Waals surface area contributed by atoms with Gasteiger partial charge in [-0.05, 0) is 12.5 Å². The maximum atomic E-state index is 11.0. The van der Waals surface area contributed by atoms with Crippen LogP contribution >= 0.6 is 11.8 Å². The molecule has 0 amide bonds. The Balaban J connectivity index is 2.28. The third-order valence-corrected chi connectivity index (χ3v) is 3.52. The molecule has 1 aliphatic rings. The summed E-state index contributed by atoms with van der Waals surface area (Å²) in [7, 11) is 0. The summed E-state index contributed by atoms with van der Waals surface area (Å²) in [5.41, 5.74) is 1.02. The van der Waals surface area contributed by atoms with Crippen molar-refractivity contribution in [3.63, 3.8) is 0 Å². The highest BCUT2D eigenvalue weighted by Crippen LogP contribution is 2.39.